The quantitative estimate of drug-likeness (QED) is 0.569. The van der Waals surface area contributed by atoms with E-state index >= 15 is 0 Å². The van der Waals surface area contributed by atoms with Gasteiger partial charge in [0, 0.05) is 24.4 Å². The Morgan fingerprint density at radius 3 is 2.53 bits per heavy atom. The molecule has 2 unspecified atom stereocenters. The van der Waals surface area contributed by atoms with Crippen LogP contribution in [0.15, 0.2) is 0 Å². The summed E-state index contributed by atoms with van der Waals surface area (Å²) in [6.07, 6.45) is 8.18. The van der Waals surface area contributed by atoms with E-state index < -0.39 is 0 Å². The average Bonchev–Trinajstić information content (AvgIpc) is 2.19. The lowest BCUT2D eigenvalue weighted by molar-refractivity contribution is 0.264. The van der Waals surface area contributed by atoms with Gasteiger partial charge in [0.15, 0.2) is 0 Å². The van der Waals surface area contributed by atoms with E-state index in [1.54, 1.807) is 0 Å². The van der Waals surface area contributed by atoms with Gasteiger partial charge in [0.25, 0.3) is 0 Å². The second-order valence-corrected chi connectivity index (χ2v) is 5.14. The molecule has 2 nitrogen and oxygen atoms in total. The zero-order valence-corrected chi connectivity index (χ0v) is 11.3. The molecule has 0 rings (SSSR count). The Bertz CT molecular complexity index is 127. The van der Waals surface area contributed by atoms with Gasteiger partial charge in [0.1, 0.15) is 0 Å². The maximum Gasteiger partial charge on any atom is 0.0446 e. The number of thioether (sulfide) groups is 1. The fraction of sp³-hybridized carbons (Fsp3) is 1.00. The van der Waals surface area contributed by atoms with E-state index in [4.69, 9.17) is 5.11 Å². The zero-order valence-electron chi connectivity index (χ0n) is 10.5. The van der Waals surface area contributed by atoms with Gasteiger partial charge in [-0.1, -0.05) is 26.2 Å². The lowest BCUT2D eigenvalue weighted by Gasteiger charge is -2.22. The maximum atomic E-state index is 8.94. The van der Waals surface area contributed by atoms with Crippen molar-refractivity contribution >= 4 is 11.8 Å². The van der Waals surface area contributed by atoms with Crippen LogP contribution in [0.4, 0.5) is 0 Å². The molecule has 0 aromatic heterocycles. The highest BCUT2D eigenvalue weighted by Gasteiger charge is 2.10. The van der Waals surface area contributed by atoms with Gasteiger partial charge in [-0.25, -0.2) is 0 Å². The van der Waals surface area contributed by atoms with Gasteiger partial charge in [-0.2, -0.15) is 11.8 Å². The third-order valence-corrected chi connectivity index (χ3v) is 3.34. The predicted molar refractivity (Wildman–Crippen MR) is 70.6 cm³/mol. The molecular formula is C12H27NOS. The van der Waals surface area contributed by atoms with E-state index in [2.05, 4.69) is 25.4 Å². The average molecular weight is 233 g/mol. The third-order valence-electron chi connectivity index (χ3n) is 2.61. The van der Waals surface area contributed by atoms with E-state index in [0.717, 1.165) is 12.2 Å². The van der Waals surface area contributed by atoms with E-state index in [-0.39, 0.29) is 0 Å². The molecule has 0 heterocycles. The van der Waals surface area contributed by atoms with E-state index in [9.17, 15) is 0 Å². The summed E-state index contributed by atoms with van der Waals surface area (Å²) < 4.78 is 0. The molecule has 0 aromatic carbocycles. The van der Waals surface area contributed by atoms with E-state index in [1.807, 2.05) is 11.8 Å². The molecule has 0 saturated carbocycles. The number of hydrogen-bond acceptors (Lipinski definition) is 3. The monoisotopic (exact) mass is 233 g/mol. The summed E-state index contributed by atoms with van der Waals surface area (Å²) in [5.41, 5.74) is 0. The van der Waals surface area contributed by atoms with Crippen LogP contribution in [0.5, 0.6) is 0 Å². The Balaban J connectivity index is 3.62. The van der Waals surface area contributed by atoms with Gasteiger partial charge in [0.2, 0.25) is 0 Å². The van der Waals surface area contributed by atoms with Gasteiger partial charge >= 0.3 is 0 Å². The van der Waals surface area contributed by atoms with Crippen molar-refractivity contribution in [2.24, 2.45) is 0 Å². The molecule has 0 radical (unpaired) electrons. The van der Waals surface area contributed by atoms with Crippen LogP contribution in [-0.4, -0.2) is 35.8 Å². The molecule has 0 bridgehead atoms. The van der Waals surface area contributed by atoms with Crippen molar-refractivity contribution in [3.8, 4) is 0 Å². The van der Waals surface area contributed by atoms with Crippen molar-refractivity contribution in [1.82, 2.24) is 5.32 Å². The summed E-state index contributed by atoms with van der Waals surface area (Å²) in [6, 6.07) is 1.06. The fourth-order valence-corrected chi connectivity index (χ4v) is 2.42. The number of unbranched alkanes of at least 4 members (excludes halogenated alkanes) is 2. The van der Waals surface area contributed by atoms with Crippen LogP contribution in [0.2, 0.25) is 0 Å². The minimum atomic E-state index is 0.292. The highest BCUT2D eigenvalue weighted by atomic mass is 32.2. The maximum absolute atomic E-state index is 8.94. The van der Waals surface area contributed by atoms with Crippen molar-refractivity contribution in [3.05, 3.63) is 0 Å². The van der Waals surface area contributed by atoms with Crippen LogP contribution in [0, 0.1) is 0 Å². The lowest BCUT2D eigenvalue weighted by Crippen LogP contribution is -2.38. The van der Waals surface area contributed by atoms with Gasteiger partial charge < -0.3 is 10.4 Å². The van der Waals surface area contributed by atoms with Gasteiger partial charge in [0.05, 0.1) is 0 Å². The smallest absolute Gasteiger partial charge is 0.0446 e. The second kappa shape index (κ2) is 10.8. The largest absolute Gasteiger partial charge is 0.396 e. The molecular weight excluding hydrogens is 206 g/mol. The van der Waals surface area contributed by atoms with E-state index in [1.165, 1.54) is 25.7 Å². The topological polar surface area (TPSA) is 32.3 Å². The summed E-state index contributed by atoms with van der Waals surface area (Å²) in [5, 5.41) is 12.5. The molecule has 0 aliphatic carbocycles. The number of aliphatic hydroxyl groups is 1. The Labute approximate surface area is 99.2 Å². The molecule has 3 heteroatoms. The molecule has 0 spiro atoms. The van der Waals surface area contributed by atoms with Gasteiger partial charge in [-0.3, -0.25) is 0 Å². The minimum Gasteiger partial charge on any atom is -0.396 e. The zero-order chi connectivity index (χ0) is 11.5. The van der Waals surface area contributed by atoms with Crippen molar-refractivity contribution in [3.63, 3.8) is 0 Å². The first kappa shape index (κ1) is 15.3. The van der Waals surface area contributed by atoms with Crippen LogP contribution >= 0.6 is 11.8 Å². The summed E-state index contributed by atoms with van der Waals surface area (Å²) >= 11 is 1.85. The van der Waals surface area contributed by atoms with Crippen LogP contribution < -0.4 is 5.32 Å². The van der Waals surface area contributed by atoms with Crippen LogP contribution in [0.1, 0.15) is 46.0 Å². The van der Waals surface area contributed by atoms with Crippen LogP contribution in [0.3, 0.4) is 0 Å². The molecule has 2 N–H and O–H groups in total. The SMILES string of the molecule is CCCCCC(C)NC(CCO)CSC. The Hall–Kier alpha value is 0.270. The fourth-order valence-electron chi connectivity index (χ4n) is 1.76. The molecule has 92 valence electrons. The normalized spacial score (nSPS) is 15.2. The Morgan fingerprint density at radius 2 is 2.00 bits per heavy atom. The number of aliphatic hydroxyl groups excluding tert-OH is 1. The van der Waals surface area contributed by atoms with Gasteiger partial charge in [-0.15, -0.1) is 0 Å². The molecule has 0 amide bonds. The summed E-state index contributed by atoms with van der Waals surface area (Å²) in [7, 11) is 0. The second-order valence-electron chi connectivity index (χ2n) is 4.23. The van der Waals surface area contributed by atoms with Crippen molar-refractivity contribution in [1.29, 1.82) is 0 Å². The molecule has 0 aliphatic rings. The number of nitrogens with one attached hydrogen (secondary N) is 1. The van der Waals surface area contributed by atoms with Crippen LogP contribution in [-0.2, 0) is 0 Å². The minimum absolute atomic E-state index is 0.292. The standard InChI is InChI=1S/C12H27NOS/c1-4-5-6-7-11(2)13-12(8-9-14)10-15-3/h11-14H,4-10H2,1-3H3. The molecule has 2 atom stereocenters. The molecule has 0 aliphatic heterocycles. The first-order valence-corrected chi connectivity index (χ1v) is 7.49. The molecule has 15 heavy (non-hydrogen) atoms. The van der Waals surface area contributed by atoms with Crippen LogP contribution in [0.25, 0.3) is 0 Å². The first-order chi connectivity index (χ1) is 7.24. The highest BCUT2D eigenvalue weighted by Crippen LogP contribution is 2.07. The van der Waals surface area contributed by atoms with Crippen molar-refractivity contribution in [2.45, 2.75) is 58.0 Å². The number of rotatable bonds is 10. The predicted octanol–water partition coefficient (Wildman–Crippen LogP) is 2.66. The molecule has 0 saturated heterocycles. The number of hydrogen-bond donors (Lipinski definition) is 2. The summed E-state index contributed by atoms with van der Waals surface area (Å²) in [4.78, 5) is 0. The summed E-state index contributed by atoms with van der Waals surface area (Å²) in [5.74, 6) is 1.10. The van der Waals surface area contributed by atoms with Crippen molar-refractivity contribution < 1.29 is 5.11 Å². The molecule has 0 fully saturated rings. The lowest BCUT2D eigenvalue weighted by atomic mass is 10.1. The Morgan fingerprint density at radius 1 is 1.27 bits per heavy atom. The highest BCUT2D eigenvalue weighted by molar-refractivity contribution is 7.98. The van der Waals surface area contributed by atoms with Gasteiger partial charge in [-0.05, 0) is 26.0 Å². The molecule has 0 aromatic rings. The van der Waals surface area contributed by atoms with E-state index in [0.29, 0.717) is 18.7 Å². The Kier molecular flexibility index (Phi) is 11.0. The summed E-state index contributed by atoms with van der Waals surface area (Å²) in [6.45, 7) is 4.78. The first-order valence-electron chi connectivity index (χ1n) is 6.10. The van der Waals surface area contributed by atoms with Crippen molar-refractivity contribution in [2.75, 3.05) is 18.6 Å². The third kappa shape index (κ3) is 9.21.